The number of rotatable bonds is 6. The van der Waals surface area contributed by atoms with E-state index in [1.807, 2.05) is 35.0 Å². The number of nitrogens with zero attached hydrogens (tertiary/aromatic N) is 2. The minimum Gasteiger partial charge on any atom is -0.496 e. The van der Waals surface area contributed by atoms with Crippen molar-refractivity contribution in [3.8, 4) is 11.4 Å². The van der Waals surface area contributed by atoms with Crippen LogP contribution in [0, 0.1) is 0 Å². The monoisotopic (exact) mass is 389 g/mol. The number of hydrogen-bond acceptors (Lipinski definition) is 4. The van der Waals surface area contributed by atoms with Gasteiger partial charge in [0.15, 0.2) is 5.78 Å². The summed E-state index contributed by atoms with van der Waals surface area (Å²) in [7, 11) is 1.56. The third-order valence-corrected chi connectivity index (χ3v) is 5.20. The average Bonchev–Trinajstić information content (AvgIpc) is 3.31. The second kappa shape index (κ2) is 7.91. The van der Waals surface area contributed by atoms with Crippen molar-refractivity contribution in [1.82, 2.24) is 9.78 Å². The minimum atomic E-state index is -0.171. The van der Waals surface area contributed by atoms with Crippen LogP contribution in [0.2, 0.25) is 0 Å². The largest absolute Gasteiger partial charge is 0.496 e. The molecule has 1 amide bonds. The van der Waals surface area contributed by atoms with E-state index in [0.717, 1.165) is 42.0 Å². The first-order chi connectivity index (χ1) is 14.1. The molecule has 1 aliphatic rings. The molecule has 0 bridgehead atoms. The van der Waals surface area contributed by atoms with Crippen molar-refractivity contribution < 1.29 is 14.3 Å². The number of para-hydroxylation sites is 1. The molecule has 1 heterocycles. The summed E-state index contributed by atoms with van der Waals surface area (Å²) in [6.45, 7) is 1.51. The Morgan fingerprint density at radius 2 is 1.93 bits per heavy atom. The van der Waals surface area contributed by atoms with Crippen LogP contribution in [0.4, 0.5) is 5.82 Å². The molecule has 0 unspecified atom stereocenters. The van der Waals surface area contributed by atoms with Gasteiger partial charge in [-0.25, -0.2) is 4.68 Å². The van der Waals surface area contributed by atoms with Gasteiger partial charge in [0.2, 0.25) is 5.91 Å². The van der Waals surface area contributed by atoms with Crippen LogP contribution in [0.15, 0.2) is 48.5 Å². The van der Waals surface area contributed by atoms with E-state index in [2.05, 4.69) is 5.32 Å². The van der Waals surface area contributed by atoms with Gasteiger partial charge < -0.3 is 10.1 Å². The number of carbonyl (C=O) groups is 2. The lowest BCUT2D eigenvalue weighted by Gasteiger charge is -2.13. The van der Waals surface area contributed by atoms with E-state index >= 15 is 0 Å². The number of aromatic nitrogens is 2. The van der Waals surface area contributed by atoms with Crippen LogP contribution >= 0.6 is 0 Å². The first-order valence-electron chi connectivity index (χ1n) is 9.70. The SMILES string of the molecule is COc1ccc(C(C)=O)cc1CC(=O)Nc1c2c(nn1-c1ccccc1)CCC2. The summed E-state index contributed by atoms with van der Waals surface area (Å²) in [5.74, 6) is 1.10. The second-order valence-electron chi connectivity index (χ2n) is 7.18. The van der Waals surface area contributed by atoms with E-state index in [0.29, 0.717) is 16.9 Å². The maximum atomic E-state index is 12.9. The molecule has 0 atom stereocenters. The van der Waals surface area contributed by atoms with Crippen molar-refractivity contribution in [2.24, 2.45) is 0 Å². The lowest BCUT2D eigenvalue weighted by molar-refractivity contribution is -0.115. The first-order valence-corrected chi connectivity index (χ1v) is 9.70. The van der Waals surface area contributed by atoms with Crippen LogP contribution in [-0.2, 0) is 24.1 Å². The molecule has 148 valence electrons. The number of ketones is 1. The Morgan fingerprint density at radius 1 is 1.14 bits per heavy atom. The van der Waals surface area contributed by atoms with Crippen molar-refractivity contribution in [2.45, 2.75) is 32.6 Å². The van der Waals surface area contributed by atoms with Gasteiger partial charge >= 0.3 is 0 Å². The van der Waals surface area contributed by atoms with E-state index in [9.17, 15) is 9.59 Å². The molecule has 4 rings (SSSR count). The van der Waals surface area contributed by atoms with E-state index in [1.165, 1.54) is 6.92 Å². The van der Waals surface area contributed by atoms with Crippen molar-refractivity contribution >= 4 is 17.5 Å². The van der Waals surface area contributed by atoms with Crippen molar-refractivity contribution in [3.63, 3.8) is 0 Å². The number of benzene rings is 2. The molecule has 0 radical (unpaired) electrons. The molecule has 0 aliphatic heterocycles. The summed E-state index contributed by atoms with van der Waals surface area (Å²) in [6, 6.07) is 14.9. The van der Waals surface area contributed by atoms with Crippen LogP contribution in [0.25, 0.3) is 5.69 Å². The number of Topliss-reactive ketones (excluding diaryl/α,β-unsaturated/α-hetero) is 1. The third-order valence-electron chi connectivity index (χ3n) is 5.20. The maximum absolute atomic E-state index is 12.9. The van der Waals surface area contributed by atoms with Gasteiger partial charge in [-0.15, -0.1) is 0 Å². The van der Waals surface area contributed by atoms with Gasteiger partial charge in [0.1, 0.15) is 11.6 Å². The number of hydrogen-bond donors (Lipinski definition) is 1. The summed E-state index contributed by atoms with van der Waals surface area (Å²) in [4.78, 5) is 24.6. The fraction of sp³-hybridized carbons (Fsp3) is 0.261. The van der Waals surface area contributed by atoms with Gasteiger partial charge in [-0.1, -0.05) is 18.2 Å². The second-order valence-corrected chi connectivity index (χ2v) is 7.18. The Kier molecular flexibility index (Phi) is 5.16. The van der Waals surface area contributed by atoms with Crippen LogP contribution in [0.3, 0.4) is 0 Å². The van der Waals surface area contributed by atoms with E-state index in [4.69, 9.17) is 9.84 Å². The van der Waals surface area contributed by atoms with Crippen molar-refractivity contribution in [3.05, 3.63) is 70.9 Å². The average molecular weight is 389 g/mol. The van der Waals surface area contributed by atoms with Gasteiger partial charge in [-0.05, 0) is 56.5 Å². The molecule has 6 heteroatoms. The Labute approximate surface area is 169 Å². The van der Waals surface area contributed by atoms with Gasteiger partial charge in [0.25, 0.3) is 0 Å². The number of nitrogens with one attached hydrogen (secondary N) is 1. The highest BCUT2D eigenvalue weighted by atomic mass is 16.5. The highest BCUT2D eigenvalue weighted by Gasteiger charge is 2.24. The van der Waals surface area contributed by atoms with Crippen LogP contribution in [-0.4, -0.2) is 28.6 Å². The molecule has 0 saturated heterocycles. The molecule has 29 heavy (non-hydrogen) atoms. The smallest absolute Gasteiger partial charge is 0.230 e. The summed E-state index contributed by atoms with van der Waals surface area (Å²) < 4.78 is 7.18. The molecular formula is C23H23N3O3. The zero-order valence-corrected chi connectivity index (χ0v) is 16.6. The Morgan fingerprint density at radius 3 is 2.66 bits per heavy atom. The lowest BCUT2D eigenvalue weighted by Crippen LogP contribution is -2.18. The van der Waals surface area contributed by atoms with Gasteiger partial charge in [0.05, 0.1) is 24.9 Å². The molecule has 1 aliphatic carbocycles. The third kappa shape index (κ3) is 3.78. The lowest BCUT2D eigenvalue weighted by atomic mass is 10.0. The normalized spacial score (nSPS) is 12.5. The van der Waals surface area contributed by atoms with Crippen LogP contribution in [0.5, 0.6) is 5.75 Å². The van der Waals surface area contributed by atoms with E-state index < -0.39 is 0 Å². The van der Waals surface area contributed by atoms with Gasteiger partial charge in [0, 0.05) is 16.7 Å². The quantitative estimate of drug-likeness (QED) is 0.652. The Hall–Kier alpha value is -3.41. The van der Waals surface area contributed by atoms with E-state index in [-0.39, 0.29) is 18.1 Å². The number of aryl methyl sites for hydroxylation is 1. The molecule has 0 saturated carbocycles. The molecular weight excluding hydrogens is 366 g/mol. The molecule has 1 aromatic heterocycles. The molecule has 1 N–H and O–H groups in total. The summed E-state index contributed by atoms with van der Waals surface area (Å²) >= 11 is 0. The Bertz CT molecular complexity index is 1070. The van der Waals surface area contributed by atoms with Crippen LogP contribution < -0.4 is 10.1 Å². The fourth-order valence-electron chi connectivity index (χ4n) is 3.76. The predicted octanol–water partition coefficient (Wildman–Crippen LogP) is 3.75. The zero-order chi connectivity index (χ0) is 20.4. The Balaban J connectivity index is 1.63. The number of methoxy groups -OCH3 is 1. The molecule has 0 fully saturated rings. The minimum absolute atomic E-state index is 0.0470. The van der Waals surface area contributed by atoms with Crippen LogP contribution in [0.1, 0.15) is 40.5 Å². The maximum Gasteiger partial charge on any atom is 0.230 e. The van der Waals surface area contributed by atoms with Crippen molar-refractivity contribution in [1.29, 1.82) is 0 Å². The summed E-state index contributed by atoms with van der Waals surface area (Å²) in [5, 5.41) is 7.78. The van der Waals surface area contributed by atoms with E-state index in [1.54, 1.807) is 25.3 Å². The summed E-state index contributed by atoms with van der Waals surface area (Å²) in [5.41, 5.74) is 4.30. The molecule has 6 nitrogen and oxygen atoms in total. The first kappa shape index (κ1) is 18.9. The predicted molar refractivity (Wildman–Crippen MR) is 111 cm³/mol. The number of anilines is 1. The standard InChI is InChI=1S/C23H23N3O3/c1-15(27)16-11-12-21(29-2)17(13-16)14-22(28)24-23-19-9-6-10-20(19)25-26(23)18-7-4-3-5-8-18/h3-5,7-8,11-13H,6,9-10,14H2,1-2H3,(H,24,28). The number of fused-ring (bicyclic) bond motifs is 1. The molecule has 2 aromatic carbocycles. The molecule has 0 spiro atoms. The number of ether oxygens (including phenoxy) is 1. The highest BCUT2D eigenvalue weighted by Crippen LogP contribution is 2.31. The molecule has 3 aromatic rings. The van der Waals surface area contributed by atoms with Crippen molar-refractivity contribution in [2.75, 3.05) is 12.4 Å². The topological polar surface area (TPSA) is 73.2 Å². The summed E-state index contributed by atoms with van der Waals surface area (Å²) in [6.07, 6.45) is 2.98. The zero-order valence-electron chi connectivity index (χ0n) is 16.6. The van der Waals surface area contributed by atoms with Gasteiger partial charge in [-0.2, -0.15) is 5.10 Å². The number of carbonyl (C=O) groups excluding carboxylic acids is 2. The highest BCUT2D eigenvalue weighted by molar-refractivity contribution is 5.96. The van der Waals surface area contributed by atoms with Gasteiger partial charge in [-0.3, -0.25) is 9.59 Å². The number of amides is 1. The fourth-order valence-corrected chi connectivity index (χ4v) is 3.76.